The van der Waals surface area contributed by atoms with Crippen LogP contribution in [0.5, 0.6) is 5.75 Å². The number of carbonyl (C=O) groups excluding carboxylic acids is 1. The summed E-state index contributed by atoms with van der Waals surface area (Å²) >= 11 is 17.8. The van der Waals surface area contributed by atoms with Crippen molar-refractivity contribution >= 4 is 57.2 Å². The fraction of sp³-hybridized carbons (Fsp3) is 0. The molecular weight excluding hydrogens is 357 g/mol. The molecule has 0 aliphatic carbocycles. The molecule has 3 aromatic carbocycles. The van der Waals surface area contributed by atoms with E-state index in [4.69, 9.17) is 34.8 Å². The van der Waals surface area contributed by atoms with Gasteiger partial charge in [0.1, 0.15) is 5.02 Å². The van der Waals surface area contributed by atoms with Crippen molar-refractivity contribution in [3.05, 3.63) is 69.2 Å². The van der Waals surface area contributed by atoms with Crippen LogP contribution in [0.4, 0.5) is 5.69 Å². The first-order valence-electron chi connectivity index (χ1n) is 6.64. The third-order valence-corrected chi connectivity index (χ3v) is 4.54. The number of fused-ring (bicyclic) bond motifs is 1. The molecule has 0 spiro atoms. The SMILES string of the molecule is O=C(Nc1cc(Cl)c(O)c(Cl)c1Cl)c1ccc2ccccc2c1. The quantitative estimate of drug-likeness (QED) is 0.447. The lowest BCUT2D eigenvalue weighted by Gasteiger charge is -2.11. The van der Waals surface area contributed by atoms with Crippen LogP contribution in [0.1, 0.15) is 10.4 Å². The number of rotatable bonds is 2. The van der Waals surface area contributed by atoms with Gasteiger partial charge in [-0.25, -0.2) is 0 Å². The fourth-order valence-corrected chi connectivity index (χ4v) is 2.85. The average molecular weight is 367 g/mol. The van der Waals surface area contributed by atoms with E-state index in [1.165, 1.54) is 6.07 Å². The number of carbonyl (C=O) groups is 1. The molecule has 2 N–H and O–H groups in total. The standard InChI is InChI=1S/C17H10Cl3NO2/c18-12-8-13(14(19)15(20)16(12)22)21-17(23)11-6-5-9-3-1-2-4-10(9)7-11/h1-8,22H,(H,21,23). The largest absolute Gasteiger partial charge is 0.505 e. The van der Waals surface area contributed by atoms with E-state index >= 15 is 0 Å². The van der Waals surface area contributed by atoms with Crippen molar-refractivity contribution in [1.29, 1.82) is 0 Å². The first-order valence-corrected chi connectivity index (χ1v) is 7.77. The van der Waals surface area contributed by atoms with Gasteiger partial charge < -0.3 is 10.4 Å². The number of amides is 1. The van der Waals surface area contributed by atoms with Crippen LogP contribution in [0.2, 0.25) is 15.1 Å². The second-order valence-corrected chi connectivity index (χ2v) is 6.06. The fourth-order valence-electron chi connectivity index (χ4n) is 2.20. The van der Waals surface area contributed by atoms with Crippen molar-refractivity contribution in [3.8, 4) is 5.75 Å². The van der Waals surface area contributed by atoms with Crippen LogP contribution >= 0.6 is 34.8 Å². The maximum Gasteiger partial charge on any atom is 0.255 e. The van der Waals surface area contributed by atoms with Crippen LogP contribution in [0.15, 0.2) is 48.5 Å². The summed E-state index contributed by atoms with van der Waals surface area (Å²) in [5.41, 5.74) is 0.706. The third kappa shape index (κ3) is 3.08. The lowest BCUT2D eigenvalue weighted by atomic mass is 10.1. The van der Waals surface area contributed by atoms with E-state index < -0.39 is 0 Å². The molecule has 1 amide bonds. The molecule has 0 heterocycles. The predicted molar refractivity (Wildman–Crippen MR) is 95.0 cm³/mol. The van der Waals surface area contributed by atoms with Crippen LogP contribution in [0.25, 0.3) is 10.8 Å². The Hall–Kier alpha value is -1.94. The lowest BCUT2D eigenvalue weighted by Crippen LogP contribution is -2.12. The highest BCUT2D eigenvalue weighted by atomic mass is 35.5. The molecule has 0 fully saturated rings. The highest BCUT2D eigenvalue weighted by Gasteiger charge is 2.16. The monoisotopic (exact) mass is 365 g/mol. The molecule has 6 heteroatoms. The Morgan fingerprint density at radius 3 is 2.35 bits per heavy atom. The molecule has 3 nitrogen and oxygen atoms in total. The summed E-state index contributed by atoms with van der Waals surface area (Å²) < 4.78 is 0. The number of phenols is 1. The molecule has 0 saturated carbocycles. The zero-order chi connectivity index (χ0) is 16.6. The van der Waals surface area contributed by atoms with Crippen LogP contribution in [0, 0.1) is 0 Å². The molecule has 0 aliphatic heterocycles. The predicted octanol–water partition coefficient (Wildman–Crippen LogP) is 5.76. The van der Waals surface area contributed by atoms with Crippen molar-refractivity contribution in [2.45, 2.75) is 0 Å². The maximum absolute atomic E-state index is 12.4. The number of phenolic OH excluding ortho intramolecular Hbond substituents is 1. The van der Waals surface area contributed by atoms with Gasteiger partial charge >= 0.3 is 0 Å². The van der Waals surface area contributed by atoms with Crippen molar-refractivity contribution < 1.29 is 9.90 Å². The number of hydrogen-bond acceptors (Lipinski definition) is 2. The Morgan fingerprint density at radius 1 is 0.913 bits per heavy atom. The van der Waals surface area contributed by atoms with Gasteiger partial charge in [0.15, 0.2) is 5.75 Å². The van der Waals surface area contributed by atoms with Crippen molar-refractivity contribution in [2.75, 3.05) is 5.32 Å². The summed E-state index contributed by atoms with van der Waals surface area (Å²) in [5, 5.41) is 14.2. The maximum atomic E-state index is 12.4. The molecule has 3 rings (SSSR count). The van der Waals surface area contributed by atoms with E-state index in [0.717, 1.165) is 10.8 Å². The van der Waals surface area contributed by atoms with Gasteiger partial charge in [-0.3, -0.25) is 4.79 Å². The summed E-state index contributed by atoms with van der Waals surface area (Å²) in [7, 11) is 0. The second kappa shape index (κ2) is 6.28. The summed E-state index contributed by atoms with van der Waals surface area (Å²) in [6, 6.07) is 14.4. The summed E-state index contributed by atoms with van der Waals surface area (Å²) in [4.78, 5) is 12.4. The van der Waals surface area contributed by atoms with Crippen LogP contribution in [-0.4, -0.2) is 11.0 Å². The number of benzene rings is 3. The van der Waals surface area contributed by atoms with E-state index in [1.807, 2.05) is 30.3 Å². The van der Waals surface area contributed by atoms with Crippen LogP contribution in [-0.2, 0) is 0 Å². The number of nitrogens with one attached hydrogen (secondary N) is 1. The van der Waals surface area contributed by atoms with Gasteiger partial charge in [-0.15, -0.1) is 0 Å². The zero-order valence-corrected chi connectivity index (χ0v) is 13.9. The average Bonchev–Trinajstić information content (AvgIpc) is 2.57. The molecule has 0 radical (unpaired) electrons. The highest BCUT2D eigenvalue weighted by molar-refractivity contribution is 6.46. The van der Waals surface area contributed by atoms with E-state index in [-0.39, 0.29) is 32.4 Å². The Bertz CT molecular complexity index is 925. The molecule has 0 atom stereocenters. The Balaban J connectivity index is 1.95. The molecule has 0 aliphatic rings. The highest BCUT2D eigenvalue weighted by Crippen LogP contribution is 2.42. The summed E-state index contributed by atoms with van der Waals surface area (Å²) in [6.45, 7) is 0. The first kappa shape index (κ1) is 15.9. The summed E-state index contributed by atoms with van der Waals surface area (Å²) in [6.07, 6.45) is 0. The third-order valence-electron chi connectivity index (χ3n) is 3.39. The van der Waals surface area contributed by atoms with E-state index in [1.54, 1.807) is 12.1 Å². The van der Waals surface area contributed by atoms with E-state index in [9.17, 15) is 9.90 Å². The summed E-state index contributed by atoms with van der Waals surface area (Å²) in [5.74, 6) is -0.669. The molecular formula is C17H10Cl3NO2. The molecule has 3 aromatic rings. The Labute approximate surface area is 147 Å². The smallest absolute Gasteiger partial charge is 0.255 e. The molecule has 116 valence electrons. The van der Waals surface area contributed by atoms with Gasteiger partial charge in [0.05, 0.1) is 15.7 Å². The molecule has 0 bridgehead atoms. The molecule has 0 aromatic heterocycles. The topological polar surface area (TPSA) is 49.3 Å². The van der Waals surface area contributed by atoms with E-state index in [2.05, 4.69) is 5.32 Å². The van der Waals surface area contributed by atoms with Gasteiger partial charge in [0.25, 0.3) is 5.91 Å². The number of halogens is 3. The van der Waals surface area contributed by atoms with Crippen molar-refractivity contribution in [1.82, 2.24) is 0 Å². The van der Waals surface area contributed by atoms with Gasteiger partial charge in [-0.1, -0.05) is 65.1 Å². The lowest BCUT2D eigenvalue weighted by molar-refractivity contribution is 0.102. The van der Waals surface area contributed by atoms with E-state index in [0.29, 0.717) is 5.56 Å². The molecule has 23 heavy (non-hydrogen) atoms. The minimum atomic E-state index is -0.351. The minimum Gasteiger partial charge on any atom is -0.505 e. The van der Waals surface area contributed by atoms with Gasteiger partial charge in [-0.05, 0) is 29.0 Å². The Morgan fingerprint density at radius 2 is 1.61 bits per heavy atom. The zero-order valence-electron chi connectivity index (χ0n) is 11.6. The number of hydrogen-bond donors (Lipinski definition) is 2. The first-order chi connectivity index (χ1) is 11.0. The molecule has 0 saturated heterocycles. The molecule has 0 unspecified atom stereocenters. The van der Waals surface area contributed by atoms with Crippen molar-refractivity contribution in [3.63, 3.8) is 0 Å². The second-order valence-electron chi connectivity index (χ2n) is 4.90. The van der Waals surface area contributed by atoms with Crippen LogP contribution in [0.3, 0.4) is 0 Å². The minimum absolute atomic E-state index is 0.00760. The normalized spacial score (nSPS) is 10.7. The number of aromatic hydroxyl groups is 1. The van der Waals surface area contributed by atoms with Gasteiger partial charge in [-0.2, -0.15) is 0 Å². The van der Waals surface area contributed by atoms with Gasteiger partial charge in [0, 0.05) is 5.56 Å². The van der Waals surface area contributed by atoms with Crippen LogP contribution < -0.4 is 5.32 Å². The Kier molecular flexibility index (Phi) is 4.35. The van der Waals surface area contributed by atoms with Gasteiger partial charge in [0.2, 0.25) is 0 Å². The number of anilines is 1. The van der Waals surface area contributed by atoms with Crippen molar-refractivity contribution in [2.24, 2.45) is 0 Å².